The average Bonchev–Trinajstić information content (AvgIpc) is 3.18. The first-order valence-corrected chi connectivity index (χ1v) is 8.51. The molecule has 122 valence electrons. The number of anilines is 2. The van der Waals surface area contributed by atoms with Crippen molar-refractivity contribution in [1.29, 1.82) is 0 Å². The standard InChI is InChI=1S/C17H17N5OS/c1-2-3-7-17(21-22-17)8-9-18-15(23)13-5-4-6-14(12-13)20-16-19-10-11-24-16/h1,4-6,10-12H,3,7-9H2,(H,18,23)(H,19,20). The van der Waals surface area contributed by atoms with Crippen LogP contribution in [0.15, 0.2) is 46.1 Å². The van der Waals surface area contributed by atoms with Crippen molar-refractivity contribution in [3.05, 3.63) is 41.4 Å². The zero-order valence-corrected chi connectivity index (χ0v) is 13.8. The summed E-state index contributed by atoms with van der Waals surface area (Å²) in [4.78, 5) is 16.4. The lowest BCUT2D eigenvalue weighted by molar-refractivity contribution is 0.0952. The van der Waals surface area contributed by atoms with E-state index in [0.29, 0.717) is 24.9 Å². The van der Waals surface area contributed by atoms with Crippen LogP contribution in [0.3, 0.4) is 0 Å². The van der Waals surface area contributed by atoms with Crippen molar-refractivity contribution in [2.24, 2.45) is 10.2 Å². The molecule has 2 N–H and O–H groups in total. The van der Waals surface area contributed by atoms with Crippen LogP contribution in [0.1, 0.15) is 29.6 Å². The minimum atomic E-state index is -0.367. The van der Waals surface area contributed by atoms with Gasteiger partial charge in [-0.3, -0.25) is 4.79 Å². The topological polar surface area (TPSA) is 78.7 Å². The van der Waals surface area contributed by atoms with E-state index in [0.717, 1.165) is 17.2 Å². The molecule has 3 rings (SSSR count). The predicted octanol–water partition coefficient (Wildman–Crippen LogP) is 3.58. The van der Waals surface area contributed by atoms with Crippen LogP contribution < -0.4 is 10.6 Å². The lowest BCUT2D eigenvalue weighted by atomic mass is 10.0. The number of hydrogen-bond acceptors (Lipinski definition) is 6. The normalized spacial score (nSPS) is 14.0. The van der Waals surface area contributed by atoms with Crippen molar-refractivity contribution in [1.82, 2.24) is 10.3 Å². The van der Waals surface area contributed by atoms with E-state index in [9.17, 15) is 4.79 Å². The van der Waals surface area contributed by atoms with Crippen LogP contribution in [0.25, 0.3) is 0 Å². The Morgan fingerprint density at radius 1 is 1.33 bits per heavy atom. The molecule has 1 aliphatic rings. The number of carbonyl (C=O) groups excluding carboxylic acids is 1. The van der Waals surface area contributed by atoms with Crippen LogP contribution in [0.4, 0.5) is 10.8 Å². The maximum atomic E-state index is 12.3. The average molecular weight is 339 g/mol. The predicted molar refractivity (Wildman–Crippen MR) is 94.4 cm³/mol. The summed E-state index contributed by atoms with van der Waals surface area (Å²) in [6.45, 7) is 0.514. The van der Waals surface area contributed by atoms with Gasteiger partial charge in [-0.05, 0) is 18.2 Å². The Kier molecular flexibility index (Phi) is 4.87. The number of aromatic nitrogens is 1. The highest BCUT2D eigenvalue weighted by atomic mass is 32.1. The molecule has 0 saturated carbocycles. The van der Waals surface area contributed by atoms with Gasteiger partial charge in [0.1, 0.15) is 0 Å². The van der Waals surface area contributed by atoms with Gasteiger partial charge in [0.15, 0.2) is 10.8 Å². The van der Waals surface area contributed by atoms with Crippen LogP contribution in [-0.2, 0) is 0 Å². The molecule has 2 aromatic rings. The summed E-state index contributed by atoms with van der Waals surface area (Å²) in [6, 6.07) is 7.32. The SMILES string of the molecule is C#CCCC1(CCNC(=O)c2cccc(Nc3nccs3)c2)N=N1. The molecule has 1 amide bonds. The number of thiazole rings is 1. The number of terminal acetylenes is 1. The van der Waals surface area contributed by atoms with Gasteiger partial charge in [0, 0.05) is 48.6 Å². The number of nitrogens with zero attached hydrogens (tertiary/aromatic N) is 3. The molecule has 24 heavy (non-hydrogen) atoms. The van der Waals surface area contributed by atoms with E-state index in [1.165, 1.54) is 11.3 Å². The maximum absolute atomic E-state index is 12.3. The van der Waals surface area contributed by atoms with E-state index in [1.54, 1.807) is 18.3 Å². The number of benzene rings is 1. The van der Waals surface area contributed by atoms with E-state index >= 15 is 0 Å². The first-order chi connectivity index (χ1) is 11.7. The summed E-state index contributed by atoms with van der Waals surface area (Å²) in [5, 5.41) is 16.9. The highest BCUT2D eigenvalue weighted by Gasteiger charge is 2.38. The number of nitrogens with one attached hydrogen (secondary N) is 2. The molecule has 0 bridgehead atoms. The van der Waals surface area contributed by atoms with Gasteiger partial charge in [-0.25, -0.2) is 4.98 Å². The van der Waals surface area contributed by atoms with Gasteiger partial charge in [0.2, 0.25) is 0 Å². The van der Waals surface area contributed by atoms with Crippen LogP contribution in [0.2, 0.25) is 0 Å². The van der Waals surface area contributed by atoms with Crippen molar-refractivity contribution < 1.29 is 4.79 Å². The lowest BCUT2D eigenvalue weighted by Crippen LogP contribution is -2.28. The first-order valence-electron chi connectivity index (χ1n) is 7.63. The molecule has 0 unspecified atom stereocenters. The third-order valence-corrected chi connectivity index (χ3v) is 4.36. The van der Waals surface area contributed by atoms with Gasteiger partial charge in [0.25, 0.3) is 5.91 Å². The van der Waals surface area contributed by atoms with E-state index < -0.39 is 0 Å². The fourth-order valence-electron chi connectivity index (χ4n) is 2.29. The maximum Gasteiger partial charge on any atom is 0.251 e. The van der Waals surface area contributed by atoms with Crippen molar-refractivity contribution in [2.45, 2.75) is 24.9 Å². The second-order valence-corrected chi connectivity index (χ2v) is 6.33. The minimum Gasteiger partial charge on any atom is -0.352 e. The number of carbonyl (C=O) groups is 1. The molecule has 6 nitrogen and oxygen atoms in total. The first kappa shape index (κ1) is 16.1. The smallest absolute Gasteiger partial charge is 0.251 e. The largest absolute Gasteiger partial charge is 0.352 e. The molecule has 2 heterocycles. The molecule has 0 atom stereocenters. The third kappa shape index (κ3) is 4.18. The summed E-state index contributed by atoms with van der Waals surface area (Å²) < 4.78 is 0. The summed E-state index contributed by atoms with van der Waals surface area (Å²) in [5.74, 6) is 2.47. The summed E-state index contributed by atoms with van der Waals surface area (Å²) in [6.07, 6.45) is 9.06. The summed E-state index contributed by atoms with van der Waals surface area (Å²) >= 11 is 1.50. The molecule has 0 spiro atoms. The Balaban J connectivity index is 1.51. The Morgan fingerprint density at radius 3 is 2.92 bits per heavy atom. The highest BCUT2D eigenvalue weighted by Crippen LogP contribution is 2.36. The van der Waals surface area contributed by atoms with Gasteiger partial charge in [-0.2, -0.15) is 10.2 Å². The van der Waals surface area contributed by atoms with E-state index in [2.05, 4.69) is 31.8 Å². The van der Waals surface area contributed by atoms with Gasteiger partial charge < -0.3 is 10.6 Å². The molecule has 1 aliphatic heterocycles. The Hall–Kier alpha value is -2.72. The van der Waals surface area contributed by atoms with Crippen LogP contribution in [0.5, 0.6) is 0 Å². The molecule has 0 saturated heterocycles. The zero-order chi connectivity index (χ0) is 16.8. The van der Waals surface area contributed by atoms with Crippen LogP contribution in [-0.4, -0.2) is 23.1 Å². The third-order valence-electron chi connectivity index (χ3n) is 3.67. The summed E-state index contributed by atoms with van der Waals surface area (Å²) in [5.41, 5.74) is 1.06. The van der Waals surface area contributed by atoms with Crippen molar-refractivity contribution in [2.75, 3.05) is 11.9 Å². The number of rotatable bonds is 8. The molecule has 0 radical (unpaired) electrons. The van der Waals surface area contributed by atoms with E-state index in [-0.39, 0.29) is 11.6 Å². The molecule has 0 aliphatic carbocycles. The van der Waals surface area contributed by atoms with Gasteiger partial charge in [-0.1, -0.05) is 6.07 Å². The second kappa shape index (κ2) is 7.23. The molecular formula is C17H17N5OS. The monoisotopic (exact) mass is 339 g/mol. The number of amides is 1. The van der Waals surface area contributed by atoms with Crippen LogP contribution in [0, 0.1) is 12.3 Å². The van der Waals surface area contributed by atoms with Crippen molar-refractivity contribution in [3.63, 3.8) is 0 Å². The van der Waals surface area contributed by atoms with Gasteiger partial charge in [0.05, 0.1) is 0 Å². The zero-order valence-electron chi connectivity index (χ0n) is 13.0. The molecular weight excluding hydrogens is 322 g/mol. The van der Waals surface area contributed by atoms with E-state index in [4.69, 9.17) is 6.42 Å². The molecule has 1 aromatic heterocycles. The van der Waals surface area contributed by atoms with E-state index in [1.807, 2.05) is 17.5 Å². The number of hydrogen-bond donors (Lipinski definition) is 2. The van der Waals surface area contributed by atoms with Gasteiger partial charge in [-0.15, -0.1) is 23.7 Å². The Bertz CT molecular complexity index is 773. The molecule has 7 heteroatoms. The molecule has 1 aromatic carbocycles. The van der Waals surface area contributed by atoms with Crippen molar-refractivity contribution in [3.8, 4) is 12.3 Å². The molecule has 0 fully saturated rings. The van der Waals surface area contributed by atoms with Gasteiger partial charge >= 0.3 is 0 Å². The van der Waals surface area contributed by atoms with Crippen molar-refractivity contribution >= 4 is 28.1 Å². The fraction of sp³-hybridized carbons (Fsp3) is 0.294. The summed E-state index contributed by atoms with van der Waals surface area (Å²) in [7, 11) is 0. The highest BCUT2D eigenvalue weighted by molar-refractivity contribution is 7.13. The Labute approximate surface area is 144 Å². The second-order valence-electron chi connectivity index (χ2n) is 5.44. The Morgan fingerprint density at radius 2 is 2.21 bits per heavy atom. The minimum absolute atomic E-state index is 0.120. The lowest BCUT2D eigenvalue weighted by Gasteiger charge is -2.10. The quantitative estimate of drug-likeness (QED) is 0.722. The van der Waals surface area contributed by atoms with Crippen LogP contribution >= 0.6 is 11.3 Å². The fourth-order valence-corrected chi connectivity index (χ4v) is 2.84.